The maximum atomic E-state index is 14.8. The lowest BCUT2D eigenvalue weighted by Crippen LogP contribution is -2.60. The van der Waals surface area contributed by atoms with E-state index >= 15 is 0 Å². The maximum absolute atomic E-state index is 14.8. The van der Waals surface area contributed by atoms with Gasteiger partial charge in [0.25, 0.3) is 0 Å². The molecule has 6 atom stereocenters. The molecule has 1 unspecified atom stereocenters. The number of ketones is 2. The number of allylic oxidation sites excluding steroid dienone is 2. The summed E-state index contributed by atoms with van der Waals surface area (Å²) in [4.78, 5) is 70.2. The van der Waals surface area contributed by atoms with Gasteiger partial charge >= 0.3 is 11.9 Å². The highest BCUT2D eigenvalue weighted by Gasteiger charge is 2.49. The number of halogens is 1. The number of aryl methyl sites for hydroxylation is 1. The molecule has 14 nitrogen and oxygen atoms in total. The second-order valence-electron chi connectivity index (χ2n) is 18.6. The van der Waals surface area contributed by atoms with E-state index in [-0.39, 0.29) is 48.6 Å². The number of unbranched alkanes of at least 4 members (excludes halogenated alkanes) is 1. The zero-order valence-corrected chi connectivity index (χ0v) is 43.3. The molecule has 0 radical (unpaired) electrons. The Morgan fingerprint density at radius 1 is 0.884 bits per heavy atom. The molecule has 1 saturated carbocycles. The van der Waals surface area contributed by atoms with E-state index in [0.717, 1.165) is 27.7 Å². The number of anilines is 1. The number of rotatable bonds is 29. The molecule has 1 fully saturated rings. The number of esters is 2. The molecule has 1 aliphatic carbocycles. The predicted octanol–water partition coefficient (Wildman–Crippen LogP) is 9.67. The molecule has 2 heterocycles. The fourth-order valence-corrected chi connectivity index (χ4v) is 10.7. The van der Waals surface area contributed by atoms with Crippen LogP contribution in [0.4, 0.5) is 5.69 Å². The Balaban J connectivity index is 1.20. The van der Waals surface area contributed by atoms with Crippen LogP contribution in [0.1, 0.15) is 143 Å². The molecule has 0 saturated heterocycles. The summed E-state index contributed by atoms with van der Waals surface area (Å²) in [7, 11) is 0. The second-order valence-corrected chi connectivity index (χ2v) is 19.3. The van der Waals surface area contributed by atoms with Crippen LogP contribution in [-0.2, 0) is 39.8 Å². The molecule has 5 rings (SSSR count). The largest absolute Gasteiger partial charge is 0.466 e. The van der Waals surface area contributed by atoms with Crippen LogP contribution in [0, 0.1) is 11.8 Å². The highest BCUT2D eigenvalue weighted by atomic mass is 79.9. The fraction of sp³-hybridized carbons (Fsp3) is 0.611. The summed E-state index contributed by atoms with van der Waals surface area (Å²) in [5.74, 6) is -0.868. The van der Waals surface area contributed by atoms with Gasteiger partial charge in [-0.15, -0.1) is 0 Å². The SMILES string of the molecule is CCCOC(=O)CCC/C=C\C[C@@H]1[C@@H](CC[C@H](CCc2ccccc2)OC(=O)CCC(=O)C(CC)(CC)OC(C)C(=O)C(CC)(CC)N2CCN=C2Nc2ccc3nccnc3c2Br)[C@H](O)C[C@@H]1O. The number of hydrogen-bond acceptors (Lipinski definition) is 14. The first kappa shape index (κ1) is 55.4. The molecule has 378 valence electrons. The molecule has 0 amide bonds. The molecule has 0 spiro atoms. The molecule has 1 aromatic heterocycles. The van der Waals surface area contributed by atoms with Gasteiger partial charge in [0.05, 0.1) is 47.5 Å². The third-order valence-corrected chi connectivity index (χ3v) is 15.1. The quantitative estimate of drug-likeness (QED) is 0.0339. The highest BCUT2D eigenvalue weighted by molar-refractivity contribution is 9.10. The smallest absolute Gasteiger partial charge is 0.306 e. The lowest BCUT2D eigenvalue weighted by atomic mass is 9.82. The van der Waals surface area contributed by atoms with Crippen molar-refractivity contribution in [3.63, 3.8) is 0 Å². The van der Waals surface area contributed by atoms with E-state index in [0.29, 0.717) is 108 Å². The number of ether oxygens (including phenoxy) is 3. The van der Waals surface area contributed by atoms with Crippen molar-refractivity contribution in [2.45, 2.75) is 180 Å². The number of aliphatic hydroxyl groups excluding tert-OH is 2. The van der Waals surface area contributed by atoms with Gasteiger partial charge in [-0.1, -0.05) is 77.1 Å². The third-order valence-electron chi connectivity index (χ3n) is 14.3. The number of hydrogen-bond donors (Lipinski definition) is 3. The number of nitrogens with one attached hydrogen (secondary N) is 1. The molecule has 2 aromatic carbocycles. The average molecular weight is 1020 g/mol. The summed E-state index contributed by atoms with van der Waals surface area (Å²) in [6.07, 6.45) is 11.6. The number of aliphatic imine (C=N–C) groups is 1. The van der Waals surface area contributed by atoms with Crippen LogP contribution in [0.2, 0.25) is 0 Å². The summed E-state index contributed by atoms with van der Waals surface area (Å²) in [5, 5.41) is 25.5. The fourth-order valence-electron chi connectivity index (χ4n) is 10.2. The molecule has 1 aliphatic heterocycles. The first-order valence-electron chi connectivity index (χ1n) is 25.4. The minimum absolute atomic E-state index is 0.112. The maximum Gasteiger partial charge on any atom is 0.306 e. The lowest BCUT2D eigenvalue weighted by Gasteiger charge is -2.44. The molecule has 3 N–H and O–H groups in total. The van der Waals surface area contributed by atoms with Crippen LogP contribution in [0.3, 0.4) is 0 Å². The van der Waals surface area contributed by atoms with Gasteiger partial charge in [0.15, 0.2) is 17.5 Å². The van der Waals surface area contributed by atoms with Gasteiger partial charge in [0.1, 0.15) is 28.9 Å². The lowest BCUT2D eigenvalue weighted by molar-refractivity contribution is -0.166. The van der Waals surface area contributed by atoms with E-state index in [1.807, 2.05) is 94.1 Å². The van der Waals surface area contributed by atoms with Crippen LogP contribution in [-0.4, -0.2) is 110 Å². The van der Waals surface area contributed by atoms with Crippen LogP contribution >= 0.6 is 15.9 Å². The first-order valence-corrected chi connectivity index (χ1v) is 26.2. The van der Waals surface area contributed by atoms with Crippen molar-refractivity contribution in [1.82, 2.24) is 14.9 Å². The zero-order chi connectivity index (χ0) is 50.0. The van der Waals surface area contributed by atoms with Crippen molar-refractivity contribution in [1.29, 1.82) is 0 Å². The summed E-state index contributed by atoms with van der Waals surface area (Å²) in [6.45, 7) is 12.8. The van der Waals surface area contributed by atoms with Gasteiger partial charge < -0.3 is 34.6 Å². The van der Waals surface area contributed by atoms with E-state index in [1.165, 1.54) is 0 Å². The Hall–Kier alpha value is -4.57. The van der Waals surface area contributed by atoms with Crippen LogP contribution in [0.5, 0.6) is 0 Å². The number of fused-ring (bicyclic) bond motifs is 1. The van der Waals surface area contributed by atoms with Crippen LogP contribution in [0.25, 0.3) is 11.0 Å². The van der Waals surface area contributed by atoms with Gasteiger partial charge in [-0.3, -0.25) is 34.1 Å². The van der Waals surface area contributed by atoms with E-state index in [2.05, 4.69) is 31.2 Å². The monoisotopic (exact) mass is 1020 g/mol. The van der Waals surface area contributed by atoms with Gasteiger partial charge in [-0.2, -0.15) is 0 Å². The summed E-state index contributed by atoms with van der Waals surface area (Å²) < 4.78 is 18.7. The molecule has 69 heavy (non-hydrogen) atoms. The topological polar surface area (TPSA) is 190 Å². The normalized spacial score (nSPS) is 19.4. The average Bonchev–Trinajstić information content (AvgIpc) is 3.94. The van der Waals surface area contributed by atoms with Gasteiger partial charge in [-0.25, -0.2) is 0 Å². The van der Waals surface area contributed by atoms with E-state index in [1.54, 1.807) is 19.3 Å². The predicted molar refractivity (Wildman–Crippen MR) is 273 cm³/mol. The van der Waals surface area contributed by atoms with E-state index in [4.69, 9.17) is 19.2 Å². The number of nitrogens with zero attached hydrogens (tertiary/aromatic N) is 4. The molecule has 3 aromatic rings. The van der Waals surface area contributed by atoms with Gasteiger partial charge in [-0.05, 0) is 136 Å². The summed E-state index contributed by atoms with van der Waals surface area (Å²) in [6, 6.07) is 13.8. The minimum atomic E-state index is -1.30. The molecular formula is C54H76BrN5O9. The van der Waals surface area contributed by atoms with Crippen molar-refractivity contribution in [3.05, 3.63) is 77.0 Å². The number of benzene rings is 2. The number of Topliss-reactive ketones (excluding diaryl/α,β-unsaturated/α-hetero) is 2. The zero-order valence-electron chi connectivity index (χ0n) is 41.7. The van der Waals surface area contributed by atoms with Crippen molar-refractivity contribution < 1.29 is 43.6 Å². The van der Waals surface area contributed by atoms with Gasteiger partial charge in [0.2, 0.25) is 0 Å². The first-order chi connectivity index (χ1) is 33.3. The van der Waals surface area contributed by atoms with Crippen LogP contribution < -0.4 is 5.32 Å². The van der Waals surface area contributed by atoms with Gasteiger partial charge in [0, 0.05) is 31.8 Å². The number of carbonyl (C=O) groups excluding carboxylic acids is 4. The second kappa shape index (κ2) is 27.1. The van der Waals surface area contributed by atoms with E-state index in [9.17, 15) is 29.4 Å². The van der Waals surface area contributed by atoms with Crippen LogP contribution in [0.15, 0.2) is 76.5 Å². The summed E-state index contributed by atoms with van der Waals surface area (Å²) >= 11 is 3.69. The third kappa shape index (κ3) is 14.5. The molecular weight excluding hydrogens is 943 g/mol. The van der Waals surface area contributed by atoms with Crippen molar-refractivity contribution in [2.75, 3.05) is 25.0 Å². The minimum Gasteiger partial charge on any atom is -0.466 e. The Bertz CT molecular complexity index is 2200. The number of carbonyl (C=O) groups is 4. The Morgan fingerprint density at radius 2 is 1.61 bits per heavy atom. The number of aromatic nitrogens is 2. The van der Waals surface area contributed by atoms with Crippen molar-refractivity contribution in [3.8, 4) is 0 Å². The Labute approximate surface area is 417 Å². The van der Waals surface area contributed by atoms with E-state index < -0.39 is 41.5 Å². The number of aliphatic hydroxyl groups is 2. The van der Waals surface area contributed by atoms with Crippen molar-refractivity contribution in [2.24, 2.45) is 16.8 Å². The molecule has 15 heteroatoms. The Morgan fingerprint density at radius 3 is 2.32 bits per heavy atom. The van der Waals surface area contributed by atoms with Crippen molar-refractivity contribution >= 4 is 62.1 Å². The molecule has 0 bridgehead atoms. The summed E-state index contributed by atoms with van der Waals surface area (Å²) in [5.41, 5.74) is 1.02. The standard InChI is InChI=1S/C54H76BrN5O9/c1-7-35-67-47(64)22-18-13-12-17-21-40-41(45(62)36-44(40)61)26-25-39(24-23-38-19-15-14-16-20-38)68-48(65)30-29-46(63)54(10-4,11-5)69-37(6)51(66)53(8-2,9-3)60-34-33-58-52(60)59-42-27-28-43-50(49(42)55)57-32-31-56-43/h12,14-17,19-20,27-28,31-32,37,39-41,44-45,61-62H,7-11,13,18,21-26,29-30,33-36H2,1-6H3,(H,58,59)/b17-12-/t37?,39-,40+,41+,44-,45+/m0/s1. The molecule has 2 aliphatic rings. The highest BCUT2D eigenvalue weighted by Crippen LogP contribution is 2.39. The Kier molecular flexibility index (Phi) is 21.8. The number of guanidine groups is 1.